The van der Waals surface area contributed by atoms with E-state index in [-0.39, 0.29) is 6.04 Å². The predicted molar refractivity (Wildman–Crippen MR) is 73.8 cm³/mol. The highest BCUT2D eigenvalue weighted by Crippen LogP contribution is 2.30. The van der Waals surface area contributed by atoms with Gasteiger partial charge in [-0.3, -0.25) is 0 Å². The maximum Gasteiger partial charge on any atom is 0.0616 e. The molecule has 0 spiro atoms. The molecule has 1 fully saturated rings. The Morgan fingerprint density at radius 3 is 2.44 bits per heavy atom. The summed E-state index contributed by atoms with van der Waals surface area (Å²) in [6.07, 6.45) is 0. The normalized spacial score (nSPS) is 18.8. The number of ether oxygens (including phenoxy) is 1. The highest BCUT2D eigenvalue weighted by atomic mass is 35.5. The van der Waals surface area contributed by atoms with E-state index >= 15 is 0 Å². The summed E-state index contributed by atoms with van der Waals surface area (Å²) >= 11 is 12.4. The van der Waals surface area contributed by atoms with Crippen molar-refractivity contribution >= 4 is 23.2 Å². The second kappa shape index (κ2) is 6.70. The Morgan fingerprint density at radius 2 is 1.89 bits per heavy atom. The molecule has 100 valence electrons. The van der Waals surface area contributed by atoms with Gasteiger partial charge in [-0.15, -0.1) is 0 Å². The van der Waals surface area contributed by atoms with Crippen molar-refractivity contribution in [3.05, 3.63) is 33.8 Å². The zero-order valence-corrected chi connectivity index (χ0v) is 11.5. The van der Waals surface area contributed by atoms with E-state index in [2.05, 4.69) is 10.4 Å². The minimum absolute atomic E-state index is 0.0794. The minimum Gasteiger partial charge on any atom is -0.379 e. The van der Waals surface area contributed by atoms with Crippen molar-refractivity contribution in [1.29, 1.82) is 0 Å². The van der Waals surface area contributed by atoms with E-state index in [4.69, 9.17) is 33.7 Å². The molecule has 1 aromatic carbocycles. The van der Waals surface area contributed by atoms with Crippen molar-refractivity contribution in [2.24, 2.45) is 5.73 Å². The van der Waals surface area contributed by atoms with Gasteiger partial charge >= 0.3 is 0 Å². The Bertz CT molecular complexity index is 377. The van der Waals surface area contributed by atoms with Crippen molar-refractivity contribution in [2.45, 2.75) is 6.04 Å². The maximum atomic E-state index is 6.20. The molecule has 1 atom stereocenters. The third-order valence-corrected chi connectivity index (χ3v) is 3.59. The lowest BCUT2D eigenvalue weighted by Gasteiger charge is -2.32. The smallest absolute Gasteiger partial charge is 0.0616 e. The summed E-state index contributed by atoms with van der Waals surface area (Å²) in [4.78, 5) is 0. The molecular formula is C12H17Cl2N3O. The fraction of sp³-hybridized carbons (Fsp3) is 0.500. The van der Waals surface area contributed by atoms with Gasteiger partial charge in [0.05, 0.1) is 19.3 Å². The molecule has 0 aliphatic carbocycles. The predicted octanol–water partition coefficient (Wildman–Crippen LogP) is 1.83. The van der Waals surface area contributed by atoms with Crippen LogP contribution in [-0.4, -0.2) is 37.9 Å². The number of hydrazine groups is 1. The number of rotatable bonds is 4. The van der Waals surface area contributed by atoms with E-state index in [0.29, 0.717) is 16.6 Å². The summed E-state index contributed by atoms with van der Waals surface area (Å²) in [5, 5.41) is 3.37. The van der Waals surface area contributed by atoms with Crippen LogP contribution >= 0.6 is 23.2 Å². The number of halogens is 2. The molecule has 1 unspecified atom stereocenters. The molecular weight excluding hydrogens is 273 g/mol. The van der Waals surface area contributed by atoms with E-state index in [0.717, 1.165) is 31.9 Å². The summed E-state index contributed by atoms with van der Waals surface area (Å²) in [5.74, 6) is 0. The number of hydrogen-bond donors (Lipinski definition) is 2. The van der Waals surface area contributed by atoms with E-state index in [1.165, 1.54) is 0 Å². The van der Waals surface area contributed by atoms with Crippen LogP contribution in [0.15, 0.2) is 18.2 Å². The summed E-state index contributed by atoms with van der Waals surface area (Å²) < 4.78 is 5.30. The van der Waals surface area contributed by atoms with Gasteiger partial charge in [0.15, 0.2) is 0 Å². The lowest BCUT2D eigenvalue weighted by Crippen LogP contribution is -2.48. The molecule has 0 saturated carbocycles. The van der Waals surface area contributed by atoms with Crippen molar-refractivity contribution in [3.8, 4) is 0 Å². The molecule has 0 bridgehead atoms. The van der Waals surface area contributed by atoms with Gasteiger partial charge in [-0.2, -0.15) is 0 Å². The second-order valence-corrected chi connectivity index (χ2v) is 4.97. The van der Waals surface area contributed by atoms with Gasteiger partial charge in [0.1, 0.15) is 0 Å². The van der Waals surface area contributed by atoms with Crippen molar-refractivity contribution in [1.82, 2.24) is 10.4 Å². The monoisotopic (exact) mass is 289 g/mol. The first-order chi connectivity index (χ1) is 8.72. The molecule has 0 aromatic heterocycles. The molecule has 0 radical (unpaired) electrons. The maximum absolute atomic E-state index is 6.20. The number of morpholine rings is 1. The Labute approximate surface area is 117 Å². The first-order valence-corrected chi connectivity index (χ1v) is 6.71. The highest BCUT2D eigenvalue weighted by molar-refractivity contribution is 6.36. The van der Waals surface area contributed by atoms with Crippen LogP contribution in [0.3, 0.4) is 0 Å². The molecule has 1 aromatic rings. The van der Waals surface area contributed by atoms with Crippen LogP contribution in [0.1, 0.15) is 11.6 Å². The van der Waals surface area contributed by atoms with Crippen molar-refractivity contribution in [2.75, 3.05) is 32.8 Å². The van der Waals surface area contributed by atoms with Crippen LogP contribution in [0.4, 0.5) is 0 Å². The molecule has 18 heavy (non-hydrogen) atoms. The lowest BCUT2D eigenvalue weighted by molar-refractivity contribution is 0.00406. The number of benzene rings is 1. The van der Waals surface area contributed by atoms with Gasteiger partial charge < -0.3 is 10.5 Å². The molecule has 1 heterocycles. The molecule has 1 aliphatic heterocycles. The Balaban J connectivity index is 2.12. The quantitative estimate of drug-likeness (QED) is 0.888. The van der Waals surface area contributed by atoms with Gasteiger partial charge in [-0.1, -0.05) is 29.3 Å². The fourth-order valence-corrected chi connectivity index (χ4v) is 2.65. The molecule has 1 saturated heterocycles. The second-order valence-electron chi connectivity index (χ2n) is 4.15. The first-order valence-electron chi connectivity index (χ1n) is 5.95. The topological polar surface area (TPSA) is 50.5 Å². The molecule has 6 heteroatoms. The van der Waals surface area contributed by atoms with Crippen LogP contribution in [-0.2, 0) is 4.74 Å². The van der Waals surface area contributed by atoms with Gasteiger partial charge in [0, 0.05) is 35.2 Å². The minimum atomic E-state index is -0.0794. The summed E-state index contributed by atoms with van der Waals surface area (Å²) in [5.41, 5.74) is 10.0. The standard InChI is InChI=1S/C12H17Cl2N3O/c13-9-2-1-3-10(14)12(9)11(8-15)16-17-4-6-18-7-5-17/h1-3,11,16H,4-8,15H2. The Hall–Kier alpha value is -0.360. The van der Waals surface area contributed by atoms with Crippen molar-refractivity contribution < 1.29 is 4.74 Å². The Morgan fingerprint density at radius 1 is 1.28 bits per heavy atom. The van der Waals surface area contributed by atoms with Crippen LogP contribution in [0.5, 0.6) is 0 Å². The van der Waals surface area contributed by atoms with E-state index in [1.54, 1.807) is 0 Å². The SMILES string of the molecule is NCC(NN1CCOCC1)c1c(Cl)cccc1Cl. The van der Waals surface area contributed by atoms with Crippen LogP contribution < -0.4 is 11.2 Å². The van der Waals surface area contributed by atoms with E-state index in [9.17, 15) is 0 Å². The van der Waals surface area contributed by atoms with Crippen LogP contribution in [0.25, 0.3) is 0 Å². The largest absolute Gasteiger partial charge is 0.379 e. The third-order valence-electron chi connectivity index (χ3n) is 2.93. The summed E-state index contributed by atoms with van der Waals surface area (Å²) in [6.45, 7) is 3.54. The van der Waals surface area contributed by atoms with E-state index < -0.39 is 0 Å². The van der Waals surface area contributed by atoms with Gasteiger partial charge in [0.25, 0.3) is 0 Å². The van der Waals surface area contributed by atoms with Crippen LogP contribution in [0, 0.1) is 0 Å². The number of nitrogens with one attached hydrogen (secondary N) is 1. The van der Waals surface area contributed by atoms with Gasteiger partial charge in [-0.05, 0) is 12.1 Å². The average molecular weight is 290 g/mol. The van der Waals surface area contributed by atoms with Gasteiger partial charge in [-0.25, -0.2) is 10.4 Å². The zero-order chi connectivity index (χ0) is 13.0. The summed E-state index contributed by atoms with van der Waals surface area (Å²) in [6, 6.07) is 5.40. The molecule has 4 nitrogen and oxygen atoms in total. The third kappa shape index (κ3) is 3.35. The molecule has 1 aliphatic rings. The molecule has 0 amide bonds. The number of nitrogens with two attached hydrogens (primary N) is 1. The van der Waals surface area contributed by atoms with Crippen molar-refractivity contribution in [3.63, 3.8) is 0 Å². The number of hydrogen-bond acceptors (Lipinski definition) is 4. The zero-order valence-electron chi connectivity index (χ0n) is 10.0. The van der Waals surface area contributed by atoms with E-state index in [1.807, 2.05) is 18.2 Å². The highest BCUT2D eigenvalue weighted by Gasteiger charge is 2.20. The molecule has 3 N–H and O–H groups in total. The fourth-order valence-electron chi connectivity index (χ4n) is 1.99. The first kappa shape index (κ1) is 14.1. The number of nitrogens with zero attached hydrogens (tertiary/aromatic N) is 1. The average Bonchev–Trinajstić information content (AvgIpc) is 2.38. The van der Waals surface area contributed by atoms with Gasteiger partial charge in [0.2, 0.25) is 0 Å². The molecule has 2 rings (SSSR count). The summed E-state index contributed by atoms with van der Waals surface area (Å²) in [7, 11) is 0. The van der Waals surface area contributed by atoms with Crippen LogP contribution in [0.2, 0.25) is 10.0 Å². The Kier molecular flexibility index (Phi) is 5.24. The lowest BCUT2D eigenvalue weighted by atomic mass is 10.1.